The van der Waals surface area contributed by atoms with Gasteiger partial charge in [-0.3, -0.25) is 4.79 Å². The lowest BCUT2D eigenvalue weighted by molar-refractivity contribution is -0.120. The molecule has 1 aliphatic heterocycles. The number of hydrogen-bond donors (Lipinski definition) is 1. The van der Waals surface area contributed by atoms with Gasteiger partial charge in [-0.2, -0.15) is 10.1 Å². The van der Waals surface area contributed by atoms with E-state index in [0.717, 1.165) is 17.0 Å². The van der Waals surface area contributed by atoms with Crippen molar-refractivity contribution in [3.63, 3.8) is 0 Å². The van der Waals surface area contributed by atoms with Crippen LogP contribution < -0.4 is 5.01 Å². The smallest absolute Gasteiger partial charge is 0.256 e. The maximum absolute atomic E-state index is 12.2. The number of amides is 1. The van der Waals surface area contributed by atoms with Crippen molar-refractivity contribution in [2.45, 2.75) is 20.3 Å². The number of nitrogens with zero attached hydrogens (tertiary/aromatic N) is 2. The maximum Gasteiger partial charge on any atom is 0.256 e. The van der Waals surface area contributed by atoms with Crippen LogP contribution in [0.3, 0.4) is 0 Å². The van der Waals surface area contributed by atoms with Crippen LogP contribution in [0.15, 0.2) is 23.3 Å². The quantitative estimate of drug-likeness (QED) is 0.913. The molecule has 0 bridgehead atoms. The van der Waals surface area contributed by atoms with Crippen LogP contribution in [0.2, 0.25) is 5.02 Å². The number of hydrazone groups is 1. The van der Waals surface area contributed by atoms with Crippen LogP contribution >= 0.6 is 11.6 Å². The van der Waals surface area contributed by atoms with Crippen LogP contribution in [0.1, 0.15) is 18.9 Å². The van der Waals surface area contributed by atoms with Gasteiger partial charge in [0, 0.05) is 17.3 Å². The molecule has 1 N–H and O–H groups in total. The summed E-state index contributed by atoms with van der Waals surface area (Å²) in [5.74, 6) is -0.406. The first-order valence-corrected chi connectivity index (χ1v) is 6.18. The molecule has 0 saturated heterocycles. The molecule has 1 heterocycles. The predicted octanol–water partition coefficient (Wildman–Crippen LogP) is 2.37. The second-order valence-corrected chi connectivity index (χ2v) is 4.82. The highest BCUT2D eigenvalue weighted by Gasteiger charge is 2.34. The predicted molar refractivity (Wildman–Crippen MR) is 72.0 cm³/mol. The number of anilines is 1. The lowest BCUT2D eigenvalue weighted by Gasteiger charge is -2.16. The highest BCUT2D eigenvalue weighted by atomic mass is 35.5. The number of benzene rings is 1. The van der Waals surface area contributed by atoms with E-state index in [2.05, 4.69) is 5.10 Å². The molecule has 4 nitrogen and oxygen atoms in total. The third-order valence-electron chi connectivity index (χ3n) is 3.07. The van der Waals surface area contributed by atoms with E-state index in [9.17, 15) is 4.79 Å². The molecule has 1 aromatic rings. The topological polar surface area (TPSA) is 52.9 Å². The van der Waals surface area contributed by atoms with Crippen molar-refractivity contribution < 1.29 is 9.90 Å². The fraction of sp³-hybridized carbons (Fsp3) is 0.385. The van der Waals surface area contributed by atoms with Gasteiger partial charge in [0.1, 0.15) is 0 Å². The highest BCUT2D eigenvalue weighted by molar-refractivity contribution is 6.30. The standard InChI is InChI=1S/C13H15ClN2O2/c1-8-7-10(14)3-4-12(8)16-13(18)11(5-6-17)9(2)15-16/h3-4,7,11,17H,5-6H2,1-2H3. The Labute approximate surface area is 111 Å². The Hall–Kier alpha value is -1.39. The Morgan fingerprint density at radius 1 is 1.44 bits per heavy atom. The van der Waals surface area contributed by atoms with E-state index < -0.39 is 0 Å². The molecule has 0 spiro atoms. The van der Waals surface area contributed by atoms with E-state index in [1.165, 1.54) is 5.01 Å². The monoisotopic (exact) mass is 266 g/mol. The molecule has 1 aromatic carbocycles. The zero-order valence-corrected chi connectivity index (χ0v) is 11.1. The first-order valence-electron chi connectivity index (χ1n) is 5.80. The molecule has 1 aliphatic rings. The third-order valence-corrected chi connectivity index (χ3v) is 3.31. The minimum Gasteiger partial charge on any atom is -0.396 e. The molecule has 0 aromatic heterocycles. The van der Waals surface area contributed by atoms with Gasteiger partial charge >= 0.3 is 0 Å². The molecule has 0 radical (unpaired) electrons. The summed E-state index contributed by atoms with van der Waals surface area (Å²) in [4.78, 5) is 12.2. The van der Waals surface area contributed by atoms with Gasteiger partial charge in [-0.05, 0) is 44.0 Å². The molecule has 1 amide bonds. The van der Waals surface area contributed by atoms with Crippen LogP contribution in [-0.4, -0.2) is 23.3 Å². The lowest BCUT2D eigenvalue weighted by Crippen LogP contribution is -2.28. The molecule has 0 fully saturated rings. The van der Waals surface area contributed by atoms with Gasteiger partial charge in [0.15, 0.2) is 0 Å². The lowest BCUT2D eigenvalue weighted by atomic mass is 10.0. The van der Waals surface area contributed by atoms with Crippen LogP contribution in [0.25, 0.3) is 0 Å². The number of carbonyl (C=O) groups excluding carboxylic acids is 1. The number of aliphatic hydroxyl groups excluding tert-OH is 1. The average Bonchev–Trinajstić information content (AvgIpc) is 2.58. The van der Waals surface area contributed by atoms with Crippen molar-refractivity contribution in [3.8, 4) is 0 Å². The summed E-state index contributed by atoms with van der Waals surface area (Å²) in [5, 5.41) is 15.3. The van der Waals surface area contributed by atoms with Gasteiger partial charge in [-0.25, -0.2) is 0 Å². The Morgan fingerprint density at radius 3 is 2.78 bits per heavy atom. The van der Waals surface area contributed by atoms with E-state index in [1.54, 1.807) is 18.2 Å². The zero-order chi connectivity index (χ0) is 13.3. The third kappa shape index (κ3) is 2.26. The minimum absolute atomic E-state index is 0.0172. The number of aliphatic hydroxyl groups is 1. The zero-order valence-electron chi connectivity index (χ0n) is 10.4. The van der Waals surface area contributed by atoms with Crippen LogP contribution in [0, 0.1) is 12.8 Å². The number of carbonyl (C=O) groups is 1. The normalized spacial score (nSPS) is 19.3. The Kier molecular flexibility index (Phi) is 3.68. The molecule has 96 valence electrons. The highest BCUT2D eigenvalue weighted by Crippen LogP contribution is 2.29. The fourth-order valence-electron chi connectivity index (χ4n) is 2.09. The Bertz CT molecular complexity index is 514. The van der Waals surface area contributed by atoms with Crippen LogP contribution in [0.4, 0.5) is 5.69 Å². The number of hydrogen-bond acceptors (Lipinski definition) is 3. The van der Waals surface area contributed by atoms with Crippen molar-refractivity contribution >= 4 is 28.9 Å². The number of rotatable bonds is 3. The molecule has 0 aliphatic carbocycles. The van der Waals surface area contributed by atoms with Gasteiger partial charge in [0.2, 0.25) is 0 Å². The van der Waals surface area contributed by atoms with Crippen molar-refractivity contribution in [1.29, 1.82) is 0 Å². The van der Waals surface area contributed by atoms with Crippen molar-refractivity contribution in [1.82, 2.24) is 0 Å². The van der Waals surface area contributed by atoms with E-state index >= 15 is 0 Å². The Balaban J connectivity index is 2.33. The molecular formula is C13H15ClN2O2. The second-order valence-electron chi connectivity index (χ2n) is 4.39. The summed E-state index contributed by atoms with van der Waals surface area (Å²) in [6, 6.07) is 5.32. The van der Waals surface area contributed by atoms with E-state index in [1.807, 2.05) is 13.8 Å². The van der Waals surface area contributed by atoms with Crippen molar-refractivity contribution in [2.75, 3.05) is 11.6 Å². The summed E-state index contributed by atoms with van der Waals surface area (Å²) in [7, 11) is 0. The molecule has 2 rings (SSSR count). The van der Waals surface area contributed by atoms with E-state index in [4.69, 9.17) is 16.7 Å². The summed E-state index contributed by atoms with van der Waals surface area (Å²) in [6.07, 6.45) is 0.414. The molecular weight excluding hydrogens is 252 g/mol. The van der Waals surface area contributed by atoms with E-state index in [0.29, 0.717) is 11.4 Å². The maximum atomic E-state index is 12.2. The molecule has 18 heavy (non-hydrogen) atoms. The number of aryl methyl sites for hydroxylation is 1. The van der Waals surface area contributed by atoms with Crippen molar-refractivity contribution in [2.24, 2.45) is 11.0 Å². The first-order chi connectivity index (χ1) is 8.54. The summed E-state index contributed by atoms with van der Waals surface area (Å²) in [6.45, 7) is 3.68. The average molecular weight is 267 g/mol. The largest absolute Gasteiger partial charge is 0.396 e. The van der Waals surface area contributed by atoms with E-state index in [-0.39, 0.29) is 18.4 Å². The summed E-state index contributed by atoms with van der Waals surface area (Å²) >= 11 is 5.89. The molecule has 5 heteroatoms. The molecule has 1 atom stereocenters. The van der Waals surface area contributed by atoms with Gasteiger partial charge in [0.25, 0.3) is 5.91 Å². The number of halogens is 1. The van der Waals surface area contributed by atoms with Crippen LogP contribution in [0.5, 0.6) is 0 Å². The van der Waals surface area contributed by atoms with Crippen LogP contribution in [-0.2, 0) is 4.79 Å². The molecule has 1 unspecified atom stereocenters. The summed E-state index contributed by atoms with van der Waals surface area (Å²) in [5.41, 5.74) is 2.38. The Morgan fingerprint density at radius 2 is 2.17 bits per heavy atom. The van der Waals surface area contributed by atoms with Gasteiger partial charge < -0.3 is 5.11 Å². The van der Waals surface area contributed by atoms with Crippen molar-refractivity contribution in [3.05, 3.63) is 28.8 Å². The van der Waals surface area contributed by atoms with Gasteiger partial charge in [-0.15, -0.1) is 0 Å². The minimum atomic E-state index is -0.315. The van der Waals surface area contributed by atoms with Gasteiger partial charge in [0.05, 0.1) is 11.6 Å². The second kappa shape index (κ2) is 5.08. The fourth-order valence-corrected chi connectivity index (χ4v) is 2.32. The first kappa shape index (κ1) is 13.1. The summed E-state index contributed by atoms with van der Waals surface area (Å²) < 4.78 is 0. The SMILES string of the molecule is CC1=NN(c2ccc(Cl)cc2C)C(=O)C1CCO. The van der Waals surface area contributed by atoms with Gasteiger partial charge in [-0.1, -0.05) is 11.6 Å². The molecule has 0 saturated carbocycles.